The van der Waals surface area contributed by atoms with Gasteiger partial charge in [0.1, 0.15) is 9.86 Å². The highest BCUT2D eigenvalue weighted by atomic mass is 32.2. The van der Waals surface area contributed by atoms with E-state index < -0.39 is 0 Å². The maximum absolute atomic E-state index is 5.41. The summed E-state index contributed by atoms with van der Waals surface area (Å²) in [5, 5.41) is 13.2. The predicted octanol–water partition coefficient (Wildman–Crippen LogP) is 3.14. The van der Waals surface area contributed by atoms with E-state index in [-0.39, 0.29) is 0 Å². The predicted molar refractivity (Wildman–Crippen MR) is 79.5 cm³/mol. The molecule has 0 bridgehead atoms. The number of hydrogen-bond donors (Lipinski definition) is 1. The van der Waals surface area contributed by atoms with Gasteiger partial charge >= 0.3 is 0 Å². The Labute approximate surface area is 124 Å². The minimum atomic E-state index is 0.494. The second-order valence-corrected chi connectivity index (χ2v) is 6.13. The topological polar surface area (TPSA) is 76.7 Å². The van der Waals surface area contributed by atoms with Crippen molar-refractivity contribution in [2.24, 2.45) is 0 Å². The summed E-state index contributed by atoms with van der Waals surface area (Å²) in [4.78, 5) is 11.2. The molecule has 0 unspecified atom stereocenters. The summed E-state index contributed by atoms with van der Waals surface area (Å²) >= 11 is 3.05. The summed E-state index contributed by atoms with van der Waals surface area (Å²) < 4.78 is 5.41. The van der Waals surface area contributed by atoms with Crippen LogP contribution in [0.3, 0.4) is 0 Å². The minimum absolute atomic E-state index is 0.494. The molecule has 0 saturated heterocycles. The van der Waals surface area contributed by atoms with Crippen LogP contribution in [0.1, 0.15) is 17.7 Å². The van der Waals surface area contributed by atoms with Crippen LogP contribution in [0.15, 0.2) is 20.7 Å². The van der Waals surface area contributed by atoms with Gasteiger partial charge in [0.15, 0.2) is 0 Å². The SMILES string of the molecule is CCc1cc2c(Sc3nnc(C)o3)nc(NC)nc2s1. The molecule has 3 aromatic rings. The molecule has 0 radical (unpaired) electrons. The lowest BCUT2D eigenvalue weighted by Gasteiger charge is -2.02. The van der Waals surface area contributed by atoms with E-state index in [0.717, 1.165) is 21.7 Å². The Hall–Kier alpha value is -1.67. The fourth-order valence-electron chi connectivity index (χ4n) is 1.71. The van der Waals surface area contributed by atoms with E-state index in [4.69, 9.17) is 4.42 Å². The molecular formula is C12H13N5OS2. The lowest BCUT2D eigenvalue weighted by molar-refractivity contribution is 0.429. The summed E-state index contributed by atoms with van der Waals surface area (Å²) in [5.74, 6) is 1.15. The molecule has 8 heteroatoms. The highest BCUT2D eigenvalue weighted by Gasteiger charge is 2.14. The zero-order valence-corrected chi connectivity index (χ0v) is 12.9. The molecule has 0 amide bonds. The number of rotatable bonds is 4. The Balaban J connectivity index is 2.09. The molecule has 3 aromatic heterocycles. The number of hydrogen-bond acceptors (Lipinski definition) is 8. The molecule has 3 rings (SSSR count). The molecule has 3 heterocycles. The van der Waals surface area contributed by atoms with Crippen LogP contribution < -0.4 is 5.32 Å². The largest absolute Gasteiger partial charge is 0.416 e. The van der Waals surface area contributed by atoms with Crippen LogP contribution in [0, 0.1) is 6.92 Å². The zero-order chi connectivity index (χ0) is 14.1. The number of nitrogens with zero attached hydrogens (tertiary/aromatic N) is 4. The van der Waals surface area contributed by atoms with Crippen LogP contribution in [-0.2, 0) is 6.42 Å². The Morgan fingerprint density at radius 1 is 1.35 bits per heavy atom. The molecule has 6 nitrogen and oxygen atoms in total. The van der Waals surface area contributed by atoms with E-state index in [0.29, 0.717) is 17.1 Å². The number of fused-ring (bicyclic) bond motifs is 1. The fourth-order valence-corrected chi connectivity index (χ4v) is 3.55. The van der Waals surface area contributed by atoms with Crippen molar-refractivity contribution in [3.05, 3.63) is 16.8 Å². The van der Waals surface area contributed by atoms with Crippen molar-refractivity contribution >= 4 is 39.3 Å². The first kappa shape index (κ1) is 13.3. The molecule has 0 aliphatic carbocycles. The van der Waals surface area contributed by atoms with Crippen LogP contribution in [0.4, 0.5) is 5.95 Å². The quantitative estimate of drug-likeness (QED) is 0.742. The summed E-state index contributed by atoms with van der Waals surface area (Å²) in [5.41, 5.74) is 0. The number of anilines is 1. The molecule has 0 aliphatic heterocycles. The third-order valence-corrected chi connectivity index (χ3v) is 4.69. The molecular weight excluding hydrogens is 294 g/mol. The summed E-state index contributed by atoms with van der Waals surface area (Å²) in [6.45, 7) is 3.90. The average Bonchev–Trinajstić information content (AvgIpc) is 3.04. The maximum Gasteiger partial charge on any atom is 0.282 e. The van der Waals surface area contributed by atoms with E-state index in [2.05, 4.69) is 38.5 Å². The lowest BCUT2D eigenvalue weighted by atomic mass is 10.3. The smallest absolute Gasteiger partial charge is 0.282 e. The molecule has 0 saturated carbocycles. The lowest BCUT2D eigenvalue weighted by Crippen LogP contribution is -1.96. The second-order valence-electron chi connectivity index (χ2n) is 4.08. The van der Waals surface area contributed by atoms with Gasteiger partial charge in [-0.15, -0.1) is 21.5 Å². The number of nitrogens with one attached hydrogen (secondary N) is 1. The van der Waals surface area contributed by atoms with Gasteiger partial charge in [0, 0.05) is 24.2 Å². The van der Waals surface area contributed by atoms with Gasteiger partial charge in [-0.2, -0.15) is 0 Å². The van der Waals surface area contributed by atoms with Crippen molar-refractivity contribution in [3.8, 4) is 0 Å². The van der Waals surface area contributed by atoms with Gasteiger partial charge in [0.2, 0.25) is 11.8 Å². The molecule has 20 heavy (non-hydrogen) atoms. The molecule has 1 N–H and O–H groups in total. The summed E-state index contributed by atoms with van der Waals surface area (Å²) in [6.07, 6.45) is 0.986. The van der Waals surface area contributed by atoms with Crippen molar-refractivity contribution in [2.45, 2.75) is 30.5 Å². The van der Waals surface area contributed by atoms with Crippen LogP contribution in [0.2, 0.25) is 0 Å². The standard InChI is InChI=1S/C12H13N5OS2/c1-4-7-5-8-9(19-7)14-11(13-3)15-10(8)20-12-17-16-6(2)18-12/h5H,4H2,1-3H3,(H,13,14,15). The van der Waals surface area contributed by atoms with E-state index in [9.17, 15) is 0 Å². The average molecular weight is 307 g/mol. The van der Waals surface area contributed by atoms with Gasteiger partial charge in [-0.25, -0.2) is 9.97 Å². The van der Waals surface area contributed by atoms with Gasteiger partial charge in [0.05, 0.1) is 0 Å². The van der Waals surface area contributed by atoms with Crippen molar-refractivity contribution in [1.82, 2.24) is 20.2 Å². The molecule has 0 aromatic carbocycles. The first-order valence-corrected chi connectivity index (χ1v) is 7.79. The van der Waals surface area contributed by atoms with Crippen molar-refractivity contribution in [2.75, 3.05) is 12.4 Å². The van der Waals surface area contributed by atoms with Gasteiger partial charge in [0.25, 0.3) is 5.22 Å². The monoisotopic (exact) mass is 307 g/mol. The van der Waals surface area contributed by atoms with Crippen molar-refractivity contribution in [1.29, 1.82) is 0 Å². The fraction of sp³-hybridized carbons (Fsp3) is 0.333. The molecule has 0 spiro atoms. The van der Waals surface area contributed by atoms with Gasteiger partial charge in [-0.05, 0) is 24.2 Å². The van der Waals surface area contributed by atoms with Gasteiger partial charge in [-0.1, -0.05) is 6.92 Å². The zero-order valence-electron chi connectivity index (χ0n) is 11.3. The minimum Gasteiger partial charge on any atom is -0.416 e. The molecule has 104 valence electrons. The highest BCUT2D eigenvalue weighted by molar-refractivity contribution is 7.99. The Kier molecular flexibility index (Phi) is 3.58. The first-order chi connectivity index (χ1) is 9.69. The Bertz CT molecular complexity index is 751. The van der Waals surface area contributed by atoms with E-state index in [1.54, 1.807) is 25.3 Å². The maximum atomic E-state index is 5.41. The highest BCUT2D eigenvalue weighted by Crippen LogP contribution is 2.35. The molecule has 0 fully saturated rings. The Morgan fingerprint density at radius 2 is 2.20 bits per heavy atom. The number of thiophene rings is 1. The first-order valence-electron chi connectivity index (χ1n) is 6.15. The van der Waals surface area contributed by atoms with Gasteiger partial charge < -0.3 is 9.73 Å². The van der Waals surface area contributed by atoms with Crippen molar-refractivity contribution in [3.63, 3.8) is 0 Å². The summed E-state index contributed by atoms with van der Waals surface area (Å²) in [7, 11) is 1.81. The van der Waals surface area contributed by atoms with Gasteiger partial charge in [-0.3, -0.25) is 0 Å². The Morgan fingerprint density at radius 3 is 2.85 bits per heavy atom. The van der Waals surface area contributed by atoms with Crippen LogP contribution in [-0.4, -0.2) is 27.2 Å². The van der Waals surface area contributed by atoms with Crippen LogP contribution >= 0.6 is 23.1 Å². The number of aromatic nitrogens is 4. The van der Waals surface area contributed by atoms with E-state index in [1.165, 1.54) is 16.6 Å². The third-order valence-electron chi connectivity index (χ3n) is 2.67. The summed E-state index contributed by atoms with van der Waals surface area (Å²) in [6, 6.07) is 2.13. The molecule has 0 aliphatic rings. The van der Waals surface area contributed by atoms with Crippen LogP contribution in [0.25, 0.3) is 10.2 Å². The van der Waals surface area contributed by atoms with Crippen molar-refractivity contribution < 1.29 is 4.42 Å². The van der Waals surface area contributed by atoms with Crippen LogP contribution in [0.5, 0.6) is 0 Å². The normalized spacial score (nSPS) is 11.2. The van der Waals surface area contributed by atoms with E-state index in [1.807, 2.05) is 0 Å². The number of aryl methyl sites for hydroxylation is 2. The third kappa shape index (κ3) is 2.48. The molecule has 0 atom stereocenters. The second kappa shape index (κ2) is 5.37. The van der Waals surface area contributed by atoms with E-state index >= 15 is 0 Å².